The molecule has 0 bridgehead atoms. The summed E-state index contributed by atoms with van der Waals surface area (Å²) in [6.07, 6.45) is 0.0863. The van der Waals surface area contributed by atoms with Crippen molar-refractivity contribution in [2.45, 2.75) is 25.3 Å². The first kappa shape index (κ1) is 14.8. The lowest BCUT2D eigenvalue weighted by molar-refractivity contribution is -0.128. The number of carbonyl (C=O) groups is 2. The first-order valence-corrected chi connectivity index (χ1v) is 7.99. The van der Waals surface area contributed by atoms with Gasteiger partial charge in [0.25, 0.3) is 0 Å². The zero-order chi connectivity index (χ0) is 16.7. The van der Waals surface area contributed by atoms with Gasteiger partial charge in [-0.25, -0.2) is 0 Å². The van der Waals surface area contributed by atoms with E-state index in [0.717, 1.165) is 5.56 Å². The molecule has 8 nitrogen and oxygen atoms in total. The van der Waals surface area contributed by atoms with Crippen molar-refractivity contribution >= 4 is 11.8 Å². The highest BCUT2D eigenvalue weighted by atomic mass is 16.2. The minimum Gasteiger partial charge on any atom is -0.349 e. The molecule has 2 aromatic rings. The smallest absolute Gasteiger partial charge is 0.228 e. The summed E-state index contributed by atoms with van der Waals surface area (Å²) in [4.78, 5) is 26.0. The van der Waals surface area contributed by atoms with Crippen LogP contribution in [-0.2, 0) is 16.0 Å². The summed E-state index contributed by atoms with van der Waals surface area (Å²) in [7, 11) is 0. The summed E-state index contributed by atoms with van der Waals surface area (Å²) < 4.78 is 0. The van der Waals surface area contributed by atoms with Gasteiger partial charge >= 0.3 is 0 Å². The van der Waals surface area contributed by atoms with Crippen molar-refractivity contribution in [1.82, 2.24) is 30.8 Å². The van der Waals surface area contributed by atoms with Crippen molar-refractivity contribution < 1.29 is 9.59 Å². The number of nitrogens with zero attached hydrogens (tertiary/aromatic N) is 4. The third-order valence-corrected chi connectivity index (χ3v) is 4.99. The molecule has 0 saturated carbocycles. The van der Waals surface area contributed by atoms with Gasteiger partial charge in [-0.3, -0.25) is 9.59 Å². The first-order valence-electron chi connectivity index (χ1n) is 7.99. The number of nitrogens with one attached hydrogen (secondary N) is 2. The van der Waals surface area contributed by atoms with Crippen LogP contribution in [0.3, 0.4) is 0 Å². The van der Waals surface area contributed by atoms with E-state index in [1.807, 2.05) is 17.0 Å². The second-order valence-corrected chi connectivity index (χ2v) is 6.37. The molecule has 2 heterocycles. The van der Waals surface area contributed by atoms with Crippen LogP contribution in [0.1, 0.15) is 35.8 Å². The van der Waals surface area contributed by atoms with Crippen LogP contribution in [0.25, 0.3) is 0 Å². The topological polar surface area (TPSA) is 104 Å². The molecular weight excluding hydrogens is 308 g/mol. The lowest BCUT2D eigenvalue weighted by Gasteiger charge is -2.22. The molecule has 0 spiro atoms. The van der Waals surface area contributed by atoms with Crippen LogP contribution in [0, 0.1) is 5.92 Å². The number of amides is 2. The minimum atomic E-state index is -0.141. The molecule has 1 aliphatic heterocycles. The molecule has 1 aromatic heterocycles. The monoisotopic (exact) mass is 326 g/mol. The van der Waals surface area contributed by atoms with Crippen LogP contribution in [0.5, 0.6) is 0 Å². The van der Waals surface area contributed by atoms with Gasteiger partial charge < -0.3 is 10.2 Å². The SMILES string of the molecule is CC(=O)N1C[C@H]2[C@@H](C1)c1ccccc1[C@@H]2NC(=O)Cc1nn[nH]n1. The molecule has 0 radical (unpaired) electrons. The van der Waals surface area contributed by atoms with E-state index in [1.165, 1.54) is 5.56 Å². The average Bonchev–Trinajstić information content (AvgIpc) is 3.26. The Morgan fingerprint density at radius 2 is 2.08 bits per heavy atom. The van der Waals surface area contributed by atoms with Crippen molar-refractivity contribution in [2.24, 2.45) is 5.92 Å². The summed E-state index contributed by atoms with van der Waals surface area (Å²) in [6.45, 7) is 2.98. The van der Waals surface area contributed by atoms with Gasteiger partial charge in [0.05, 0.1) is 12.5 Å². The summed E-state index contributed by atoms with van der Waals surface area (Å²) in [5, 5.41) is 16.5. The zero-order valence-corrected chi connectivity index (χ0v) is 13.3. The van der Waals surface area contributed by atoms with Gasteiger partial charge in [-0.05, 0) is 11.1 Å². The van der Waals surface area contributed by atoms with Gasteiger partial charge in [-0.15, -0.1) is 10.2 Å². The third kappa shape index (κ3) is 2.44. The summed E-state index contributed by atoms with van der Waals surface area (Å²) in [5.74, 6) is 0.796. The normalized spacial score (nSPS) is 24.5. The van der Waals surface area contributed by atoms with E-state index in [9.17, 15) is 9.59 Å². The van der Waals surface area contributed by atoms with Gasteiger partial charge in [0.15, 0.2) is 5.82 Å². The number of hydrogen-bond acceptors (Lipinski definition) is 5. The molecule has 8 heteroatoms. The second kappa shape index (κ2) is 5.70. The number of fused-ring (bicyclic) bond motifs is 3. The highest BCUT2D eigenvalue weighted by molar-refractivity contribution is 5.79. The Morgan fingerprint density at radius 3 is 2.79 bits per heavy atom. The van der Waals surface area contributed by atoms with Crippen LogP contribution < -0.4 is 5.32 Å². The lowest BCUT2D eigenvalue weighted by Crippen LogP contribution is -2.35. The fourth-order valence-electron chi connectivity index (χ4n) is 3.93. The lowest BCUT2D eigenvalue weighted by atomic mass is 9.94. The van der Waals surface area contributed by atoms with Gasteiger partial charge in [0, 0.05) is 31.8 Å². The molecule has 2 amide bonds. The van der Waals surface area contributed by atoms with Crippen LogP contribution >= 0.6 is 0 Å². The number of hydrogen-bond donors (Lipinski definition) is 2. The Balaban J connectivity index is 1.57. The van der Waals surface area contributed by atoms with Crippen molar-refractivity contribution in [2.75, 3.05) is 13.1 Å². The number of carbonyl (C=O) groups excluding carboxylic acids is 2. The number of H-pyrrole nitrogens is 1. The Kier molecular flexibility index (Phi) is 3.51. The van der Waals surface area contributed by atoms with Crippen molar-refractivity contribution in [3.63, 3.8) is 0 Å². The molecule has 1 saturated heterocycles. The Morgan fingerprint density at radius 1 is 1.29 bits per heavy atom. The van der Waals surface area contributed by atoms with Gasteiger partial charge in [0.2, 0.25) is 11.8 Å². The largest absolute Gasteiger partial charge is 0.349 e. The molecule has 2 aliphatic rings. The Labute approximate surface area is 138 Å². The fourth-order valence-corrected chi connectivity index (χ4v) is 3.93. The molecule has 0 unspecified atom stereocenters. The molecule has 1 aliphatic carbocycles. The van der Waals surface area contributed by atoms with Gasteiger partial charge in [0.1, 0.15) is 0 Å². The Hall–Kier alpha value is -2.77. The van der Waals surface area contributed by atoms with Crippen LogP contribution in [-0.4, -0.2) is 50.4 Å². The highest BCUT2D eigenvalue weighted by Gasteiger charge is 2.47. The van der Waals surface area contributed by atoms with Gasteiger partial charge in [-0.1, -0.05) is 29.5 Å². The molecular formula is C16H18N6O2. The number of benzene rings is 1. The van der Waals surface area contributed by atoms with E-state index in [2.05, 4.69) is 38.1 Å². The van der Waals surface area contributed by atoms with E-state index >= 15 is 0 Å². The first-order chi connectivity index (χ1) is 11.6. The molecule has 124 valence electrons. The van der Waals surface area contributed by atoms with E-state index in [-0.39, 0.29) is 36.1 Å². The molecule has 4 rings (SSSR count). The third-order valence-electron chi connectivity index (χ3n) is 4.99. The van der Waals surface area contributed by atoms with Crippen molar-refractivity contribution in [3.8, 4) is 0 Å². The number of likely N-dealkylation sites (tertiary alicyclic amines) is 1. The predicted molar refractivity (Wildman–Crippen MR) is 83.7 cm³/mol. The number of rotatable bonds is 3. The number of aromatic nitrogens is 4. The van der Waals surface area contributed by atoms with Crippen molar-refractivity contribution in [3.05, 3.63) is 41.2 Å². The maximum absolute atomic E-state index is 12.4. The zero-order valence-electron chi connectivity index (χ0n) is 13.3. The molecule has 24 heavy (non-hydrogen) atoms. The maximum Gasteiger partial charge on any atom is 0.228 e. The maximum atomic E-state index is 12.4. The molecule has 1 aromatic carbocycles. The standard InChI is InChI=1S/C16H18N6O2/c1-9(23)22-7-12-10-4-2-3-5-11(10)16(13(12)8-22)17-15(24)6-14-18-20-21-19-14/h2-5,12-13,16H,6-8H2,1H3,(H,17,24)(H,18,19,20,21)/t12-,13-,16-/m0/s1. The van der Waals surface area contributed by atoms with E-state index in [0.29, 0.717) is 18.9 Å². The summed E-state index contributed by atoms with van der Waals surface area (Å²) >= 11 is 0. The summed E-state index contributed by atoms with van der Waals surface area (Å²) in [5.41, 5.74) is 2.38. The van der Waals surface area contributed by atoms with Crippen LogP contribution in [0.15, 0.2) is 24.3 Å². The number of aromatic amines is 1. The van der Waals surface area contributed by atoms with Crippen molar-refractivity contribution in [1.29, 1.82) is 0 Å². The van der Waals surface area contributed by atoms with Crippen LogP contribution in [0.2, 0.25) is 0 Å². The number of tetrazole rings is 1. The molecule has 3 atom stereocenters. The molecule has 2 N–H and O–H groups in total. The van der Waals surface area contributed by atoms with Crippen LogP contribution in [0.4, 0.5) is 0 Å². The minimum absolute atomic E-state index is 0.0822. The molecule has 1 fully saturated rings. The quantitative estimate of drug-likeness (QED) is 0.837. The van der Waals surface area contributed by atoms with E-state index < -0.39 is 0 Å². The predicted octanol–water partition coefficient (Wildman–Crippen LogP) is 0.175. The highest BCUT2D eigenvalue weighted by Crippen LogP contribution is 2.49. The van der Waals surface area contributed by atoms with E-state index in [4.69, 9.17) is 0 Å². The Bertz CT molecular complexity index is 775. The fraction of sp³-hybridized carbons (Fsp3) is 0.438. The van der Waals surface area contributed by atoms with Gasteiger partial charge in [-0.2, -0.15) is 5.21 Å². The van der Waals surface area contributed by atoms with E-state index in [1.54, 1.807) is 6.92 Å². The average molecular weight is 326 g/mol. The second-order valence-electron chi connectivity index (χ2n) is 6.37. The summed E-state index contributed by atoms with van der Waals surface area (Å²) in [6, 6.07) is 8.07.